The largest absolute Gasteiger partial charge is 0.481 e. The van der Waals surface area contributed by atoms with Gasteiger partial charge in [-0.2, -0.15) is 0 Å². The van der Waals surface area contributed by atoms with Gasteiger partial charge in [0.15, 0.2) is 0 Å². The molecule has 2 rings (SSSR count). The standard InChI is InChI=1S/C21H27N3O3/c1-16(15-22-18-10-6-3-7-11-18)23-21(27)24-19(12-13-20(25)26)14-17-8-4-2-5-9-17/h2-11,16,19,22H,12-15H2,1H3,(H,25,26)(H2,23,24,27). The molecule has 2 aromatic carbocycles. The minimum atomic E-state index is -0.865. The highest BCUT2D eigenvalue weighted by Crippen LogP contribution is 2.08. The fraction of sp³-hybridized carbons (Fsp3) is 0.333. The van der Waals surface area contributed by atoms with Gasteiger partial charge in [-0.1, -0.05) is 48.5 Å². The average Bonchev–Trinajstić information content (AvgIpc) is 2.66. The number of nitrogens with one attached hydrogen (secondary N) is 3. The lowest BCUT2D eigenvalue weighted by atomic mass is 10.0. The predicted octanol–water partition coefficient (Wildman–Crippen LogP) is 3.26. The summed E-state index contributed by atoms with van der Waals surface area (Å²) in [5.74, 6) is -0.865. The summed E-state index contributed by atoms with van der Waals surface area (Å²) in [7, 11) is 0. The normalized spacial score (nSPS) is 12.6. The first-order valence-corrected chi connectivity index (χ1v) is 9.14. The molecular weight excluding hydrogens is 342 g/mol. The van der Waals surface area contributed by atoms with Crippen molar-refractivity contribution >= 4 is 17.7 Å². The van der Waals surface area contributed by atoms with Crippen molar-refractivity contribution in [3.63, 3.8) is 0 Å². The maximum atomic E-state index is 12.3. The first kappa shape index (κ1) is 20.3. The van der Waals surface area contributed by atoms with Crippen LogP contribution < -0.4 is 16.0 Å². The molecule has 2 unspecified atom stereocenters. The Kier molecular flexibility index (Phi) is 8.16. The van der Waals surface area contributed by atoms with Gasteiger partial charge in [0.1, 0.15) is 0 Å². The van der Waals surface area contributed by atoms with E-state index in [0.29, 0.717) is 19.4 Å². The fourth-order valence-corrected chi connectivity index (χ4v) is 2.75. The fourth-order valence-electron chi connectivity index (χ4n) is 2.75. The molecule has 144 valence electrons. The number of hydrogen-bond acceptors (Lipinski definition) is 3. The van der Waals surface area contributed by atoms with Crippen LogP contribution in [0.2, 0.25) is 0 Å². The third-order valence-electron chi connectivity index (χ3n) is 4.13. The number of rotatable bonds is 10. The number of benzene rings is 2. The Morgan fingerprint density at radius 3 is 2.22 bits per heavy atom. The van der Waals surface area contributed by atoms with Crippen molar-refractivity contribution in [3.05, 3.63) is 66.2 Å². The maximum Gasteiger partial charge on any atom is 0.315 e. The maximum absolute atomic E-state index is 12.3. The van der Waals surface area contributed by atoms with E-state index in [1.807, 2.05) is 67.6 Å². The highest BCUT2D eigenvalue weighted by Gasteiger charge is 2.16. The third-order valence-corrected chi connectivity index (χ3v) is 4.13. The summed E-state index contributed by atoms with van der Waals surface area (Å²) >= 11 is 0. The molecule has 6 nitrogen and oxygen atoms in total. The number of anilines is 1. The van der Waals surface area contributed by atoms with Crippen molar-refractivity contribution < 1.29 is 14.7 Å². The van der Waals surface area contributed by atoms with E-state index in [4.69, 9.17) is 5.11 Å². The van der Waals surface area contributed by atoms with E-state index in [1.165, 1.54) is 0 Å². The van der Waals surface area contributed by atoms with E-state index < -0.39 is 5.97 Å². The van der Waals surface area contributed by atoms with E-state index in [-0.39, 0.29) is 24.5 Å². The van der Waals surface area contributed by atoms with Gasteiger partial charge in [-0.05, 0) is 37.5 Å². The van der Waals surface area contributed by atoms with Crippen LogP contribution in [0, 0.1) is 0 Å². The molecule has 0 fully saturated rings. The molecule has 6 heteroatoms. The van der Waals surface area contributed by atoms with Gasteiger partial charge in [-0.15, -0.1) is 0 Å². The van der Waals surface area contributed by atoms with Crippen LogP contribution in [0.4, 0.5) is 10.5 Å². The molecule has 0 aliphatic heterocycles. The molecule has 2 atom stereocenters. The van der Waals surface area contributed by atoms with Crippen molar-refractivity contribution in [2.24, 2.45) is 0 Å². The molecule has 0 aliphatic rings. The van der Waals surface area contributed by atoms with Gasteiger partial charge in [-0.3, -0.25) is 4.79 Å². The van der Waals surface area contributed by atoms with Crippen molar-refractivity contribution in [2.75, 3.05) is 11.9 Å². The number of carboxylic acids is 1. The molecule has 4 N–H and O–H groups in total. The number of carbonyl (C=O) groups excluding carboxylic acids is 1. The SMILES string of the molecule is CC(CNc1ccccc1)NC(=O)NC(CCC(=O)O)Cc1ccccc1. The number of para-hydroxylation sites is 1. The lowest BCUT2D eigenvalue weighted by molar-refractivity contribution is -0.137. The Bertz CT molecular complexity index is 707. The van der Waals surface area contributed by atoms with Crippen LogP contribution >= 0.6 is 0 Å². The van der Waals surface area contributed by atoms with Crippen molar-refractivity contribution in [1.29, 1.82) is 0 Å². The smallest absolute Gasteiger partial charge is 0.315 e. The number of carboxylic acid groups (broad SMARTS) is 1. The van der Waals surface area contributed by atoms with Crippen LogP contribution in [0.25, 0.3) is 0 Å². The molecule has 0 heterocycles. The summed E-state index contributed by atoms with van der Waals surface area (Å²) in [4.78, 5) is 23.2. The zero-order chi connectivity index (χ0) is 19.5. The predicted molar refractivity (Wildman–Crippen MR) is 107 cm³/mol. The molecule has 27 heavy (non-hydrogen) atoms. The molecule has 0 saturated heterocycles. The van der Waals surface area contributed by atoms with Crippen LogP contribution in [0.3, 0.4) is 0 Å². The Balaban J connectivity index is 1.83. The van der Waals surface area contributed by atoms with E-state index >= 15 is 0 Å². The summed E-state index contributed by atoms with van der Waals surface area (Å²) in [6, 6.07) is 18.9. The Morgan fingerprint density at radius 2 is 1.59 bits per heavy atom. The number of urea groups is 1. The highest BCUT2D eigenvalue weighted by atomic mass is 16.4. The van der Waals surface area contributed by atoms with E-state index in [0.717, 1.165) is 11.3 Å². The molecule has 0 bridgehead atoms. The molecule has 0 spiro atoms. The summed E-state index contributed by atoms with van der Waals surface area (Å²) in [5.41, 5.74) is 2.06. The quantitative estimate of drug-likeness (QED) is 0.517. The Hall–Kier alpha value is -3.02. The van der Waals surface area contributed by atoms with Crippen LogP contribution in [-0.4, -0.2) is 35.7 Å². The summed E-state index contributed by atoms with van der Waals surface area (Å²) < 4.78 is 0. The minimum absolute atomic E-state index is 0.0168. The second-order valence-corrected chi connectivity index (χ2v) is 6.58. The molecule has 0 aromatic heterocycles. The van der Waals surface area contributed by atoms with Crippen molar-refractivity contribution in [3.8, 4) is 0 Å². The van der Waals surface area contributed by atoms with Gasteiger partial charge in [0.25, 0.3) is 0 Å². The van der Waals surface area contributed by atoms with Crippen LogP contribution in [0.5, 0.6) is 0 Å². The van der Waals surface area contributed by atoms with E-state index in [2.05, 4.69) is 16.0 Å². The Morgan fingerprint density at radius 1 is 0.963 bits per heavy atom. The second kappa shape index (κ2) is 10.9. The van der Waals surface area contributed by atoms with Crippen molar-refractivity contribution in [1.82, 2.24) is 10.6 Å². The molecular formula is C21H27N3O3. The van der Waals surface area contributed by atoms with E-state index in [9.17, 15) is 9.59 Å². The van der Waals surface area contributed by atoms with Crippen molar-refractivity contribution in [2.45, 2.75) is 38.3 Å². The van der Waals surface area contributed by atoms with E-state index in [1.54, 1.807) is 0 Å². The highest BCUT2D eigenvalue weighted by molar-refractivity contribution is 5.75. The molecule has 0 saturated carbocycles. The van der Waals surface area contributed by atoms with Gasteiger partial charge in [0.2, 0.25) is 0 Å². The van der Waals surface area contributed by atoms with Gasteiger partial charge in [0.05, 0.1) is 0 Å². The summed E-state index contributed by atoms with van der Waals surface area (Å²) in [5, 5.41) is 18.0. The van der Waals surface area contributed by atoms with Gasteiger partial charge >= 0.3 is 12.0 Å². The van der Waals surface area contributed by atoms with Crippen LogP contribution in [-0.2, 0) is 11.2 Å². The number of amides is 2. The number of aliphatic carboxylic acids is 1. The summed E-state index contributed by atoms with van der Waals surface area (Å²) in [6.07, 6.45) is 0.995. The molecule has 2 aromatic rings. The third kappa shape index (κ3) is 8.27. The molecule has 0 aliphatic carbocycles. The lowest BCUT2D eigenvalue weighted by Crippen LogP contribution is -2.48. The molecule has 0 radical (unpaired) electrons. The van der Waals surface area contributed by atoms with Gasteiger partial charge in [-0.25, -0.2) is 4.79 Å². The number of hydrogen-bond donors (Lipinski definition) is 4. The van der Waals surface area contributed by atoms with Gasteiger partial charge < -0.3 is 21.1 Å². The zero-order valence-corrected chi connectivity index (χ0v) is 15.5. The zero-order valence-electron chi connectivity index (χ0n) is 15.5. The monoisotopic (exact) mass is 369 g/mol. The topological polar surface area (TPSA) is 90.5 Å². The lowest BCUT2D eigenvalue weighted by Gasteiger charge is -2.21. The number of carbonyl (C=O) groups is 2. The van der Waals surface area contributed by atoms with Crippen LogP contribution in [0.15, 0.2) is 60.7 Å². The first-order valence-electron chi connectivity index (χ1n) is 9.14. The Labute approximate surface area is 160 Å². The van der Waals surface area contributed by atoms with Crippen LogP contribution in [0.1, 0.15) is 25.3 Å². The second-order valence-electron chi connectivity index (χ2n) is 6.58. The first-order chi connectivity index (χ1) is 13.0. The van der Waals surface area contributed by atoms with Gasteiger partial charge in [0, 0.05) is 30.7 Å². The summed E-state index contributed by atoms with van der Waals surface area (Å²) in [6.45, 7) is 2.51. The minimum Gasteiger partial charge on any atom is -0.481 e. The molecule has 2 amide bonds. The average molecular weight is 369 g/mol.